The number of rotatable bonds is 6. The molecule has 0 aliphatic rings. The van der Waals surface area contributed by atoms with Crippen LogP contribution < -0.4 is 8.92 Å². The van der Waals surface area contributed by atoms with Crippen LogP contribution in [0.1, 0.15) is 21.7 Å². The van der Waals surface area contributed by atoms with Crippen LogP contribution in [0.2, 0.25) is 0 Å². The Hall–Kier alpha value is -3.04. The number of fused-ring (bicyclic) bond motifs is 1. The summed E-state index contributed by atoms with van der Waals surface area (Å²) in [6.45, 7) is 1.64. The molecule has 0 spiro atoms. The third-order valence-corrected chi connectivity index (χ3v) is 4.15. The number of hydrogen-bond acceptors (Lipinski definition) is 7. The van der Waals surface area contributed by atoms with E-state index in [9.17, 15) is 13.2 Å². The molecule has 0 amide bonds. The Balaban J connectivity index is 1.98. The van der Waals surface area contributed by atoms with Gasteiger partial charge >= 0.3 is 16.4 Å². The highest BCUT2D eigenvalue weighted by Gasteiger charge is 2.23. The normalized spacial score (nSPS) is 11.4. The van der Waals surface area contributed by atoms with Gasteiger partial charge in [0.15, 0.2) is 11.5 Å². The summed E-state index contributed by atoms with van der Waals surface area (Å²) >= 11 is 0. The number of esters is 1. The van der Waals surface area contributed by atoms with Crippen molar-refractivity contribution in [2.75, 3.05) is 7.11 Å². The highest BCUT2D eigenvalue weighted by Crippen LogP contribution is 2.37. The minimum Gasteiger partial charge on any atom is -0.493 e. The van der Waals surface area contributed by atoms with Crippen LogP contribution in [0.4, 0.5) is 0 Å². The Morgan fingerprint density at radius 2 is 1.85 bits per heavy atom. The maximum Gasteiger partial charge on any atom is 0.446 e. The van der Waals surface area contributed by atoms with E-state index < -0.39 is 16.4 Å². The van der Waals surface area contributed by atoms with Crippen LogP contribution in [-0.4, -0.2) is 26.0 Å². The quantitative estimate of drug-likeness (QED) is 0.502. The minimum absolute atomic E-state index is 0.0121. The highest BCUT2D eigenvalue weighted by atomic mass is 32.3. The van der Waals surface area contributed by atoms with E-state index in [4.69, 9.17) is 18.4 Å². The molecule has 1 heterocycles. The van der Waals surface area contributed by atoms with E-state index in [0.29, 0.717) is 0 Å². The van der Waals surface area contributed by atoms with Crippen LogP contribution in [-0.2, 0) is 21.7 Å². The van der Waals surface area contributed by atoms with E-state index in [0.717, 1.165) is 5.56 Å². The van der Waals surface area contributed by atoms with Crippen molar-refractivity contribution in [1.82, 2.24) is 0 Å². The van der Waals surface area contributed by atoms with Crippen LogP contribution in [0.3, 0.4) is 0 Å². The lowest BCUT2D eigenvalue weighted by atomic mass is 10.1. The second kappa shape index (κ2) is 7.29. The number of methoxy groups -OCH3 is 1. The van der Waals surface area contributed by atoms with E-state index in [1.165, 1.54) is 19.2 Å². The molecular formula is C18H16O8S. The molecule has 0 radical (unpaired) electrons. The van der Waals surface area contributed by atoms with Crippen molar-refractivity contribution in [1.29, 1.82) is 0 Å². The van der Waals surface area contributed by atoms with Crippen molar-refractivity contribution in [3.8, 4) is 11.5 Å². The molecule has 3 aromatic rings. The Morgan fingerprint density at radius 1 is 1.15 bits per heavy atom. The van der Waals surface area contributed by atoms with Gasteiger partial charge in [-0.3, -0.25) is 4.55 Å². The predicted octanol–water partition coefficient (Wildman–Crippen LogP) is 3.29. The van der Waals surface area contributed by atoms with E-state index >= 15 is 0 Å². The Kier molecular flexibility index (Phi) is 5.06. The summed E-state index contributed by atoms with van der Waals surface area (Å²) in [6, 6.07) is 11.7. The van der Waals surface area contributed by atoms with Crippen molar-refractivity contribution in [2.45, 2.75) is 13.5 Å². The Morgan fingerprint density at radius 3 is 2.48 bits per heavy atom. The molecule has 27 heavy (non-hydrogen) atoms. The molecule has 0 aliphatic heterocycles. The number of aryl methyl sites for hydroxylation is 1. The third-order valence-electron chi connectivity index (χ3n) is 3.76. The average Bonchev–Trinajstić information content (AvgIpc) is 2.93. The van der Waals surface area contributed by atoms with Gasteiger partial charge in [-0.25, -0.2) is 4.79 Å². The Labute approximate surface area is 155 Å². The maximum absolute atomic E-state index is 12.5. The van der Waals surface area contributed by atoms with Gasteiger partial charge in [-0.1, -0.05) is 30.3 Å². The molecule has 0 fully saturated rings. The smallest absolute Gasteiger partial charge is 0.446 e. The number of benzene rings is 2. The summed E-state index contributed by atoms with van der Waals surface area (Å²) < 4.78 is 51.5. The molecular weight excluding hydrogens is 376 g/mol. The van der Waals surface area contributed by atoms with Crippen LogP contribution in [0.5, 0.6) is 11.5 Å². The van der Waals surface area contributed by atoms with Crippen LogP contribution in [0.25, 0.3) is 11.0 Å². The second-order valence-electron chi connectivity index (χ2n) is 5.61. The fourth-order valence-electron chi connectivity index (χ4n) is 2.61. The lowest BCUT2D eigenvalue weighted by Gasteiger charge is -2.08. The van der Waals surface area contributed by atoms with Crippen molar-refractivity contribution in [3.05, 3.63) is 59.4 Å². The topological polar surface area (TPSA) is 112 Å². The van der Waals surface area contributed by atoms with Gasteiger partial charge in [0.1, 0.15) is 23.5 Å². The Bertz CT molecular complexity index is 1080. The molecule has 142 valence electrons. The highest BCUT2D eigenvalue weighted by molar-refractivity contribution is 7.81. The molecule has 1 N–H and O–H groups in total. The summed E-state index contributed by atoms with van der Waals surface area (Å²) in [7, 11) is -3.48. The first-order chi connectivity index (χ1) is 12.8. The van der Waals surface area contributed by atoms with Crippen LogP contribution >= 0.6 is 0 Å². The average molecular weight is 392 g/mol. The van der Waals surface area contributed by atoms with Gasteiger partial charge in [-0.15, -0.1) is 0 Å². The van der Waals surface area contributed by atoms with E-state index in [-0.39, 0.29) is 40.4 Å². The van der Waals surface area contributed by atoms with Crippen molar-refractivity contribution in [3.63, 3.8) is 0 Å². The molecule has 8 nitrogen and oxygen atoms in total. The van der Waals surface area contributed by atoms with Gasteiger partial charge in [0.25, 0.3) is 0 Å². The summed E-state index contributed by atoms with van der Waals surface area (Å²) in [5.41, 5.74) is 1.22. The molecule has 9 heteroatoms. The fraction of sp³-hybridized carbons (Fsp3) is 0.167. The first kappa shape index (κ1) is 18.7. The monoisotopic (exact) mass is 392 g/mol. The summed E-state index contributed by atoms with van der Waals surface area (Å²) in [5, 5.41) is 0.269. The number of carbonyl (C=O) groups excluding carboxylic acids is 1. The summed E-state index contributed by atoms with van der Waals surface area (Å²) in [6.07, 6.45) is 0. The van der Waals surface area contributed by atoms with Gasteiger partial charge in [0, 0.05) is 11.5 Å². The first-order valence-corrected chi connectivity index (χ1v) is 9.14. The lowest BCUT2D eigenvalue weighted by molar-refractivity contribution is 0.0472. The summed E-state index contributed by atoms with van der Waals surface area (Å²) in [4.78, 5) is 12.5. The number of hydrogen-bond donors (Lipinski definition) is 1. The number of furan rings is 1. The molecule has 1 aromatic heterocycles. The molecule has 0 saturated heterocycles. The lowest BCUT2D eigenvalue weighted by Crippen LogP contribution is -2.08. The SMILES string of the molecule is COc1cc2oc(C)c(C(=O)OCc3ccccc3)c2cc1OS(=O)(=O)O. The van der Waals surface area contributed by atoms with Gasteiger partial charge in [-0.05, 0) is 18.6 Å². The molecule has 0 unspecified atom stereocenters. The van der Waals surface area contributed by atoms with Gasteiger partial charge in [0.2, 0.25) is 0 Å². The molecule has 3 rings (SSSR count). The van der Waals surface area contributed by atoms with Crippen LogP contribution in [0.15, 0.2) is 46.9 Å². The molecule has 0 atom stereocenters. The minimum atomic E-state index is -4.78. The second-order valence-corrected chi connectivity index (χ2v) is 6.63. The zero-order chi connectivity index (χ0) is 19.6. The van der Waals surface area contributed by atoms with Crippen LogP contribution in [0, 0.1) is 6.92 Å². The standard InChI is InChI=1S/C18H16O8S/c1-11-17(18(19)24-10-12-6-4-3-5-7-12)13-8-16(26-27(20,21)22)15(23-2)9-14(13)25-11/h3-9H,10H2,1-2H3,(H,20,21,22). The third kappa shape index (κ3) is 4.21. The largest absolute Gasteiger partial charge is 0.493 e. The van der Waals surface area contributed by atoms with Gasteiger partial charge in [-0.2, -0.15) is 8.42 Å². The van der Waals surface area contributed by atoms with Crippen molar-refractivity contribution >= 4 is 27.3 Å². The number of ether oxygens (including phenoxy) is 2. The van der Waals surface area contributed by atoms with Crippen molar-refractivity contribution < 1.29 is 35.8 Å². The zero-order valence-electron chi connectivity index (χ0n) is 14.5. The molecule has 2 aromatic carbocycles. The summed E-state index contributed by atoms with van der Waals surface area (Å²) in [5.74, 6) is -0.629. The predicted molar refractivity (Wildman–Crippen MR) is 95.2 cm³/mol. The first-order valence-electron chi connectivity index (χ1n) is 7.77. The molecule has 0 bridgehead atoms. The van der Waals surface area contributed by atoms with Crippen molar-refractivity contribution in [2.24, 2.45) is 0 Å². The zero-order valence-corrected chi connectivity index (χ0v) is 15.3. The van der Waals surface area contributed by atoms with E-state index in [1.807, 2.05) is 30.3 Å². The van der Waals surface area contributed by atoms with E-state index in [1.54, 1.807) is 6.92 Å². The fourth-order valence-corrected chi connectivity index (χ4v) is 2.97. The van der Waals surface area contributed by atoms with Gasteiger partial charge < -0.3 is 18.1 Å². The molecule has 0 aliphatic carbocycles. The number of carbonyl (C=O) groups is 1. The maximum atomic E-state index is 12.5. The van der Waals surface area contributed by atoms with E-state index in [2.05, 4.69) is 4.18 Å². The molecule has 0 saturated carbocycles. The van der Waals surface area contributed by atoms with Gasteiger partial charge in [0.05, 0.1) is 7.11 Å².